The summed E-state index contributed by atoms with van der Waals surface area (Å²) in [6, 6.07) is 1.86. The molecule has 5 heteroatoms. The van der Waals surface area contributed by atoms with Crippen molar-refractivity contribution in [2.24, 2.45) is 7.05 Å². The highest BCUT2D eigenvalue weighted by molar-refractivity contribution is 5.92. The fourth-order valence-corrected chi connectivity index (χ4v) is 1.64. The molecule has 5 nitrogen and oxygen atoms in total. The molecule has 0 unspecified atom stereocenters. The molecule has 18 heavy (non-hydrogen) atoms. The van der Waals surface area contributed by atoms with Crippen molar-refractivity contribution < 1.29 is 4.79 Å². The van der Waals surface area contributed by atoms with E-state index in [4.69, 9.17) is 0 Å². The van der Waals surface area contributed by atoms with E-state index in [-0.39, 0.29) is 5.91 Å². The van der Waals surface area contributed by atoms with Crippen LogP contribution < -0.4 is 10.6 Å². The van der Waals surface area contributed by atoms with E-state index >= 15 is 0 Å². The molecule has 0 aliphatic rings. The lowest BCUT2D eigenvalue weighted by Crippen LogP contribution is -2.33. The van der Waals surface area contributed by atoms with Gasteiger partial charge >= 0.3 is 0 Å². The molecule has 0 saturated carbocycles. The largest absolute Gasteiger partial charge is 0.349 e. The molecule has 0 spiro atoms. The molecule has 0 aromatic carbocycles. The Morgan fingerprint density at radius 3 is 2.67 bits per heavy atom. The molecular formula is C13H24N4O. The van der Waals surface area contributed by atoms with Crippen molar-refractivity contribution in [1.29, 1.82) is 0 Å². The van der Waals surface area contributed by atoms with Gasteiger partial charge in [0.1, 0.15) is 5.69 Å². The first-order valence-electron chi connectivity index (χ1n) is 6.59. The van der Waals surface area contributed by atoms with Crippen LogP contribution in [-0.4, -0.2) is 35.3 Å². The number of hydrogen-bond acceptors (Lipinski definition) is 3. The summed E-state index contributed by atoms with van der Waals surface area (Å²) in [5.74, 6) is 0.277. The van der Waals surface area contributed by atoms with Gasteiger partial charge in [-0.3, -0.25) is 9.48 Å². The number of aromatic nitrogens is 2. The van der Waals surface area contributed by atoms with Crippen LogP contribution >= 0.6 is 0 Å². The Balaban J connectivity index is 2.46. The second-order valence-electron chi connectivity index (χ2n) is 4.74. The van der Waals surface area contributed by atoms with Gasteiger partial charge in [-0.15, -0.1) is 0 Å². The number of carbonyl (C=O) groups is 1. The second-order valence-corrected chi connectivity index (χ2v) is 4.74. The number of hydrogen-bond donors (Lipinski definition) is 2. The summed E-state index contributed by atoms with van der Waals surface area (Å²) >= 11 is 0. The maximum absolute atomic E-state index is 11.9. The molecule has 0 aliphatic heterocycles. The summed E-state index contributed by atoms with van der Waals surface area (Å²) in [6.45, 7) is 8.68. The number of carbonyl (C=O) groups excluding carboxylic acids is 1. The first kappa shape index (κ1) is 14.7. The molecular weight excluding hydrogens is 228 g/mol. The van der Waals surface area contributed by atoms with Crippen molar-refractivity contribution in [2.75, 3.05) is 19.6 Å². The second kappa shape index (κ2) is 7.16. The van der Waals surface area contributed by atoms with Crippen molar-refractivity contribution in [3.05, 3.63) is 17.5 Å². The van der Waals surface area contributed by atoms with Crippen LogP contribution in [0.2, 0.25) is 0 Å². The van der Waals surface area contributed by atoms with E-state index in [1.54, 1.807) is 11.7 Å². The molecule has 102 valence electrons. The first-order chi connectivity index (χ1) is 8.56. The molecule has 1 heterocycles. The topological polar surface area (TPSA) is 58.9 Å². The Hall–Kier alpha value is -1.36. The van der Waals surface area contributed by atoms with Crippen LogP contribution in [0.4, 0.5) is 0 Å². The fraction of sp³-hybridized carbons (Fsp3) is 0.692. The van der Waals surface area contributed by atoms with Crippen molar-refractivity contribution >= 4 is 5.91 Å². The minimum atomic E-state index is -0.0600. The lowest BCUT2D eigenvalue weighted by molar-refractivity contribution is 0.0944. The van der Waals surface area contributed by atoms with Crippen molar-refractivity contribution in [3.63, 3.8) is 0 Å². The predicted molar refractivity (Wildman–Crippen MR) is 72.8 cm³/mol. The zero-order valence-electron chi connectivity index (χ0n) is 11.8. The Morgan fingerprint density at radius 2 is 2.11 bits per heavy atom. The standard InChI is InChI=1S/C13H24N4O/c1-5-6-14-7-8-15-13(18)12-9-11(10(2)3)16-17(12)4/h9-10,14H,5-8H2,1-4H3,(H,15,18). The fourth-order valence-electron chi connectivity index (χ4n) is 1.64. The van der Waals surface area contributed by atoms with Gasteiger partial charge in [-0.05, 0) is 24.9 Å². The van der Waals surface area contributed by atoms with Gasteiger partial charge in [0.2, 0.25) is 0 Å². The molecule has 0 bridgehead atoms. The zero-order chi connectivity index (χ0) is 13.5. The number of nitrogens with one attached hydrogen (secondary N) is 2. The van der Waals surface area contributed by atoms with Crippen LogP contribution in [0.25, 0.3) is 0 Å². The summed E-state index contributed by atoms with van der Waals surface area (Å²) in [6.07, 6.45) is 1.10. The summed E-state index contributed by atoms with van der Waals surface area (Å²) in [4.78, 5) is 11.9. The lowest BCUT2D eigenvalue weighted by Gasteiger charge is -2.05. The lowest BCUT2D eigenvalue weighted by atomic mass is 10.1. The highest BCUT2D eigenvalue weighted by atomic mass is 16.2. The van der Waals surface area contributed by atoms with Gasteiger partial charge in [0.15, 0.2) is 0 Å². The number of amides is 1. The molecule has 1 rings (SSSR count). The number of rotatable bonds is 7. The van der Waals surface area contributed by atoms with Crippen molar-refractivity contribution in [3.8, 4) is 0 Å². The Labute approximate surface area is 109 Å². The molecule has 0 atom stereocenters. The van der Waals surface area contributed by atoms with E-state index in [0.29, 0.717) is 18.2 Å². The average molecular weight is 252 g/mol. The monoisotopic (exact) mass is 252 g/mol. The molecule has 0 fully saturated rings. The molecule has 1 aromatic heterocycles. The summed E-state index contributed by atoms with van der Waals surface area (Å²) in [5.41, 5.74) is 1.57. The van der Waals surface area contributed by atoms with Crippen molar-refractivity contribution in [2.45, 2.75) is 33.1 Å². The molecule has 0 aliphatic carbocycles. The van der Waals surface area contributed by atoms with E-state index < -0.39 is 0 Å². The summed E-state index contributed by atoms with van der Waals surface area (Å²) in [5, 5.41) is 10.5. The van der Waals surface area contributed by atoms with Gasteiger partial charge in [-0.2, -0.15) is 5.10 Å². The Morgan fingerprint density at radius 1 is 1.39 bits per heavy atom. The third kappa shape index (κ3) is 4.14. The number of aryl methyl sites for hydroxylation is 1. The minimum absolute atomic E-state index is 0.0600. The van der Waals surface area contributed by atoms with Crippen LogP contribution in [0.3, 0.4) is 0 Å². The smallest absolute Gasteiger partial charge is 0.269 e. The van der Waals surface area contributed by atoms with Gasteiger partial charge in [0.05, 0.1) is 5.69 Å². The third-order valence-corrected chi connectivity index (χ3v) is 2.74. The maximum Gasteiger partial charge on any atom is 0.269 e. The molecule has 1 amide bonds. The number of nitrogens with zero attached hydrogens (tertiary/aromatic N) is 2. The van der Waals surface area contributed by atoms with Gasteiger partial charge < -0.3 is 10.6 Å². The van der Waals surface area contributed by atoms with Crippen LogP contribution in [0, 0.1) is 0 Å². The predicted octanol–water partition coefficient (Wildman–Crippen LogP) is 1.27. The third-order valence-electron chi connectivity index (χ3n) is 2.74. The highest BCUT2D eigenvalue weighted by Gasteiger charge is 2.14. The maximum atomic E-state index is 11.9. The van der Waals surface area contributed by atoms with E-state index in [2.05, 4.69) is 36.5 Å². The average Bonchev–Trinajstić information content (AvgIpc) is 2.71. The Bertz CT molecular complexity index is 384. The first-order valence-corrected chi connectivity index (χ1v) is 6.59. The van der Waals surface area contributed by atoms with Crippen LogP contribution in [0.1, 0.15) is 49.3 Å². The van der Waals surface area contributed by atoms with Gasteiger partial charge in [-0.25, -0.2) is 0 Å². The van der Waals surface area contributed by atoms with Crippen LogP contribution in [-0.2, 0) is 7.05 Å². The summed E-state index contributed by atoms with van der Waals surface area (Å²) < 4.78 is 1.64. The van der Waals surface area contributed by atoms with E-state index in [9.17, 15) is 4.79 Å². The minimum Gasteiger partial charge on any atom is -0.349 e. The normalized spacial score (nSPS) is 10.9. The summed E-state index contributed by atoms with van der Waals surface area (Å²) in [7, 11) is 1.80. The van der Waals surface area contributed by atoms with Crippen LogP contribution in [0.15, 0.2) is 6.07 Å². The molecule has 2 N–H and O–H groups in total. The van der Waals surface area contributed by atoms with Gasteiger partial charge in [-0.1, -0.05) is 20.8 Å². The molecule has 1 aromatic rings. The van der Waals surface area contributed by atoms with Gasteiger partial charge in [0, 0.05) is 20.1 Å². The molecule has 0 radical (unpaired) electrons. The zero-order valence-corrected chi connectivity index (χ0v) is 11.8. The van der Waals surface area contributed by atoms with Crippen molar-refractivity contribution in [1.82, 2.24) is 20.4 Å². The molecule has 0 saturated heterocycles. The van der Waals surface area contributed by atoms with E-state index in [1.165, 1.54) is 0 Å². The Kier molecular flexibility index (Phi) is 5.85. The van der Waals surface area contributed by atoms with Crippen LogP contribution in [0.5, 0.6) is 0 Å². The quantitative estimate of drug-likeness (QED) is 0.719. The van der Waals surface area contributed by atoms with E-state index in [0.717, 1.165) is 25.2 Å². The highest BCUT2D eigenvalue weighted by Crippen LogP contribution is 2.13. The van der Waals surface area contributed by atoms with E-state index in [1.807, 2.05) is 6.07 Å². The van der Waals surface area contributed by atoms with Gasteiger partial charge in [0.25, 0.3) is 5.91 Å². The SMILES string of the molecule is CCCNCCNC(=O)c1cc(C(C)C)nn1C.